The Balaban J connectivity index is 2.23. The van der Waals surface area contributed by atoms with E-state index in [-0.39, 0.29) is 0 Å². The Kier molecular flexibility index (Phi) is 2.91. The first-order valence-electron chi connectivity index (χ1n) is 7.76. The zero-order valence-electron chi connectivity index (χ0n) is 12.8. The smallest absolute Gasteiger partial charge is 0.167 e. The molecule has 1 atom stereocenters. The van der Waals surface area contributed by atoms with Gasteiger partial charge in [0, 0.05) is 20.2 Å². The minimum absolute atomic E-state index is 0.777. The van der Waals surface area contributed by atoms with Crippen LogP contribution in [-0.2, 0) is 0 Å². The summed E-state index contributed by atoms with van der Waals surface area (Å²) in [5.41, 5.74) is 1.55. The maximum absolute atomic E-state index is 5.87. The summed E-state index contributed by atoms with van der Waals surface area (Å²) in [5, 5.41) is 6.77. The molecular weight excluding hydrogens is 317 g/mol. The predicted molar refractivity (Wildman–Crippen MR) is 102 cm³/mol. The van der Waals surface area contributed by atoms with Crippen molar-refractivity contribution in [3.05, 3.63) is 72.8 Å². The van der Waals surface area contributed by atoms with Crippen molar-refractivity contribution in [1.82, 2.24) is 4.68 Å². The van der Waals surface area contributed by atoms with E-state index in [9.17, 15) is 0 Å². The van der Waals surface area contributed by atoms with E-state index < -0.39 is 0 Å². The molecule has 0 spiro atoms. The van der Waals surface area contributed by atoms with E-state index in [1.807, 2.05) is 12.1 Å². The monoisotopic (exact) mass is 331 g/mol. The van der Waals surface area contributed by atoms with Gasteiger partial charge in [0.05, 0.1) is 0 Å². The number of rotatable bonds is 0. The minimum atomic E-state index is 0.777. The molecular formula is C20H14NO2P. The first-order chi connectivity index (χ1) is 11.8. The van der Waals surface area contributed by atoms with E-state index in [0.717, 1.165) is 32.7 Å². The van der Waals surface area contributed by atoms with Crippen molar-refractivity contribution >= 4 is 52.9 Å². The van der Waals surface area contributed by atoms with Gasteiger partial charge in [-0.05, 0) is 33.7 Å². The zero-order valence-corrected chi connectivity index (χ0v) is 13.9. The van der Waals surface area contributed by atoms with Crippen LogP contribution in [0.4, 0.5) is 0 Å². The Morgan fingerprint density at radius 3 is 1.54 bits per heavy atom. The molecule has 0 aliphatic heterocycles. The summed E-state index contributed by atoms with van der Waals surface area (Å²) in [5.74, 6) is 0. The van der Waals surface area contributed by atoms with Crippen LogP contribution in [0.5, 0.6) is 0 Å². The molecule has 116 valence electrons. The van der Waals surface area contributed by atoms with Gasteiger partial charge in [0.15, 0.2) is 11.2 Å². The molecule has 0 saturated carbocycles. The first-order valence-corrected chi connectivity index (χ1v) is 8.27. The van der Waals surface area contributed by atoms with Crippen molar-refractivity contribution in [2.24, 2.45) is 0 Å². The molecule has 1 heterocycles. The third-order valence-electron chi connectivity index (χ3n) is 4.41. The molecule has 5 rings (SSSR count). The summed E-state index contributed by atoms with van der Waals surface area (Å²) in [7, 11) is 2.45. The van der Waals surface area contributed by atoms with Crippen LogP contribution in [0, 0.1) is 0 Å². The first kappa shape index (κ1) is 13.6. The lowest BCUT2D eigenvalue weighted by molar-refractivity contribution is 0.190. The Morgan fingerprint density at radius 1 is 0.583 bits per heavy atom. The number of nitrogens with zero attached hydrogens (tertiary/aromatic N) is 1. The molecule has 1 unspecified atom stereocenters. The predicted octanol–water partition coefficient (Wildman–Crippen LogP) is 6.05. The Bertz CT molecular complexity index is 1180. The molecule has 0 saturated heterocycles. The van der Waals surface area contributed by atoms with Crippen LogP contribution in [0.15, 0.2) is 81.8 Å². The molecule has 0 amide bonds. The van der Waals surface area contributed by atoms with Gasteiger partial charge in [-0.2, -0.15) is 0 Å². The third-order valence-corrected chi connectivity index (χ3v) is 4.62. The fourth-order valence-corrected chi connectivity index (χ4v) is 3.61. The molecule has 3 nitrogen and oxygen atoms in total. The zero-order chi connectivity index (χ0) is 16.1. The highest BCUT2D eigenvalue weighted by atomic mass is 31.0. The highest BCUT2D eigenvalue weighted by Gasteiger charge is 2.11. The molecule has 4 aromatic carbocycles. The van der Waals surface area contributed by atoms with Crippen LogP contribution in [-0.4, -0.2) is 4.68 Å². The molecule has 24 heavy (non-hydrogen) atoms. The lowest BCUT2D eigenvalue weighted by atomic mass is 9.99. The molecule has 0 radical (unpaired) electrons. The van der Waals surface area contributed by atoms with Gasteiger partial charge in [0.25, 0.3) is 0 Å². The van der Waals surface area contributed by atoms with Crippen LogP contribution >= 0.6 is 9.39 Å². The number of fused-ring (bicyclic) bond motifs is 7. The van der Waals surface area contributed by atoms with Gasteiger partial charge in [-0.25, -0.2) is 0 Å². The summed E-state index contributed by atoms with van der Waals surface area (Å²) in [6, 6.07) is 24.8. The fourth-order valence-electron chi connectivity index (χ4n) is 3.38. The molecule has 0 N–H and O–H groups in total. The van der Waals surface area contributed by atoms with E-state index >= 15 is 0 Å². The van der Waals surface area contributed by atoms with Crippen LogP contribution in [0.2, 0.25) is 0 Å². The average Bonchev–Trinajstić information content (AvgIpc) is 2.77. The minimum Gasteiger partial charge on any atom is -0.347 e. The molecule has 0 aliphatic carbocycles. The highest BCUT2D eigenvalue weighted by molar-refractivity contribution is 7.13. The second kappa shape index (κ2) is 5.12. The van der Waals surface area contributed by atoms with Crippen LogP contribution in [0.3, 0.4) is 0 Å². The van der Waals surface area contributed by atoms with E-state index in [1.165, 1.54) is 15.5 Å². The number of hydrogen-bond donors (Lipinski definition) is 0. The standard InChI is InChI=1S/C20H14NO2P/c24-21-22-17-11-9-13-5-1-3-7-15(13)19(17)20-16-8-4-2-6-14(16)10-12-18(20)23-21/h1-12H,24H2. The van der Waals surface area contributed by atoms with Crippen molar-refractivity contribution in [3.8, 4) is 0 Å². The van der Waals surface area contributed by atoms with E-state index in [0.29, 0.717) is 0 Å². The van der Waals surface area contributed by atoms with Gasteiger partial charge in [-0.3, -0.25) is 0 Å². The second-order valence-electron chi connectivity index (χ2n) is 5.79. The number of benzene rings is 4. The summed E-state index contributed by atoms with van der Waals surface area (Å²) in [4.78, 5) is 0. The Hall–Kier alpha value is -2.77. The van der Waals surface area contributed by atoms with Gasteiger partial charge in [0.2, 0.25) is 0 Å². The summed E-state index contributed by atoms with van der Waals surface area (Å²) in [6.07, 6.45) is 0. The van der Waals surface area contributed by atoms with Crippen LogP contribution < -0.4 is 0 Å². The maximum atomic E-state index is 5.87. The van der Waals surface area contributed by atoms with Crippen molar-refractivity contribution in [2.45, 2.75) is 0 Å². The largest absolute Gasteiger partial charge is 0.347 e. The lowest BCUT2D eigenvalue weighted by Crippen LogP contribution is -1.79. The van der Waals surface area contributed by atoms with Gasteiger partial charge in [-0.15, -0.1) is 0 Å². The topological polar surface area (TPSA) is 31.2 Å². The van der Waals surface area contributed by atoms with E-state index in [4.69, 9.17) is 9.05 Å². The van der Waals surface area contributed by atoms with Gasteiger partial charge in [0.1, 0.15) is 0 Å². The number of aromatic nitrogens is 1. The number of hydrogen-bond acceptors (Lipinski definition) is 2. The van der Waals surface area contributed by atoms with Crippen molar-refractivity contribution < 1.29 is 9.05 Å². The molecule has 1 aromatic heterocycles. The summed E-state index contributed by atoms with van der Waals surface area (Å²) in [6.45, 7) is 0. The SMILES string of the molecule is Pn1oc2ccc3ccccc3c2c2c(ccc3ccccc32)o1. The average molecular weight is 331 g/mol. The lowest BCUT2D eigenvalue weighted by Gasteiger charge is -2.04. The fraction of sp³-hybridized carbons (Fsp3) is 0. The van der Waals surface area contributed by atoms with Crippen molar-refractivity contribution in [2.75, 3.05) is 0 Å². The van der Waals surface area contributed by atoms with Crippen LogP contribution in [0.25, 0.3) is 43.5 Å². The van der Waals surface area contributed by atoms with Gasteiger partial charge in [-0.1, -0.05) is 65.3 Å². The van der Waals surface area contributed by atoms with Gasteiger partial charge < -0.3 is 9.05 Å². The highest BCUT2D eigenvalue weighted by Crippen LogP contribution is 2.35. The summed E-state index contributed by atoms with van der Waals surface area (Å²) >= 11 is 0. The van der Waals surface area contributed by atoms with E-state index in [2.05, 4.69) is 70.1 Å². The molecule has 0 bridgehead atoms. The molecule has 0 aliphatic rings. The van der Waals surface area contributed by atoms with Crippen molar-refractivity contribution in [3.63, 3.8) is 0 Å². The summed E-state index contributed by atoms with van der Waals surface area (Å²) < 4.78 is 13.1. The molecule has 5 aromatic rings. The maximum Gasteiger partial charge on any atom is 0.167 e. The molecule has 4 heteroatoms. The van der Waals surface area contributed by atoms with Crippen molar-refractivity contribution in [1.29, 1.82) is 0 Å². The third kappa shape index (κ3) is 1.95. The molecule has 0 fully saturated rings. The normalized spacial score (nSPS) is 11.5. The van der Waals surface area contributed by atoms with Crippen LogP contribution in [0.1, 0.15) is 0 Å². The van der Waals surface area contributed by atoms with E-state index in [1.54, 1.807) is 0 Å². The second-order valence-corrected chi connectivity index (χ2v) is 6.21. The van der Waals surface area contributed by atoms with Gasteiger partial charge >= 0.3 is 0 Å². The quantitative estimate of drug-likeness (QED) is 0.323. The Labute approximate surface area is 139 Å². The Morgan fingerprint density at radius 2 is 1.04 bits per heavy atom.